The first-order valence-corrected chi connectivity index (χ1v) is 9.54. The average molecular weight is 312 g/mol. The smallest absolute Gasteiger partial charge is 0.123 e. The molecule has 124 valence electrons. The number of ether oxygens (including phenoxy) is 2. The highest BCUT2D eigenvalue weighted by atomic mass is 16.6. The standard InChI is InChI=1S/C21H28O2/c1-21(2,23-12-17-11-22-17)7-3-4-13-8-16-10-18(13)20-15-6-5-14(9-15)19(16)20/h5-6,13-20H,4,8-12H2,1-2H3/t13-,14-,15-,16-,17-,18-,19+,20+/m0/s1. The van der Waals surface area contributed by atoms with E-state index in [2.05, 4.69) is 37.8 Å². The van der Waals surface area contributed by atoms with Gasteiger partial charge in [0.2, 0.25) is 0 Å². The van der Waals surface area contributed by atoms with Gasteiger partial charge in [0.25, 0.3) is 0 Å². The summed E-state index contributed by atoms with van der Waals surface area (Å²) in [5.41, 5.74) is -0.332. The SMILES string of the molecule is CC(C)(C#CC[C@H]1C[C@H]2C[C@@H]1[C@@H]1[C@@H]2[C@H]2C=C[C@H]1C2)OC[C@@H]1CO1. The van der Waals surface area contributed by atoms with Crippen molar-refractivity contribution in [3.63, 3.8) is 0 Å². The van der Waals surface area contributed by atoms with E-state index in [9.17, 15) is 0 Å². The lowest BCUT2D eigenvalue weighted by Crippen LogP contribution is -2.31. The highest BCUT2D eigenvalue weighted by molar-refractivity contribution is 5.21. The van der Waals surface area contributed by atoms with Gasteiger partial charge in [-0.25, -0.2) is 0 Å². The second-order valence-electron chi connectivity index (χ2n) is 9.04. The summed E-state index contributed by atoms with van der Waals surface area (Å²) in [5.74, 6) is 13.6. The maximum Gasteiger partial charge on any atom is 0.123 e. The third-order valence-electron chi connectivity index (χ3n) is 7.19. The molecule has 5 aliphatic rings. The Morgan fingerprint density at radius 3 is 2.70 bits per heavy atom. The number of hydrogen-bond donors (Lipinski definition) is 0. The molecule has 0 aromatic carbocycles. The van der Waals surface area contributed by atoms with Crippen molar-refractivity contribution in [3.8, 4) is 11.8 Å². The minimum Gasteiger partial charge on any atom is -0.371 e. The topological polar surface area (TPSA) is 21.8 Å². The van der Waals surface area contributed by atoms with Crippen LogP contribution in [0.3, 0.4) is 0 Å². The van der Waals surface area contributed by atoms with Crippen molar-refractivity contribution in [1.29, 1.82) is 0 Å². The van der Waals surface area contributed by atoms with E-state index in [-0.39, 0.29) is 5.60 Å². The molecule has 8 atom stereocenters. The van der Waals surface area contributed by atoms with Gasteiger partial charge in [0.15, 0.2) is 0 Å². The Morgan fingerprint density at radius 2 is 1.91 bits per heavy atom. The van der Waals surface area contributed by atoms with Crippen LogP contribution >= 0.6 is 0 Å². The molecule has 0 radical (unpaired) electrons. The van der Waals surface area contributed by atoms with Crippen LogP contribution in [0, 0.1) is 53.3 Å². The summed E-state index contributed by atoms with van der Waals surface area (Å²) >= 11 is 0. The molecule has 1 aliphatic heterocycles. The first-order valence-electron chi connectivity index (χ1n) is 9.54. The highest BCUT2D eigenvalue weighted by Gasteiger charge is 2.60. The molecule has 3 saturated carbocycles. The fourth-order valence-corrected chi connectivity index (χ4v) is 6.28. The lowest BCUT2D eigenvalue weighted by Gasteiger charge is -2.36. The molecule has 0 amide bonds. The van der Waals surface area contributed by atoms with Crippen molar-refractivity contribution in [2.75, 3.05) is 13.2 Å². The zero-order valence-electron chi connectivity index (χ0n) is 14.3. The van der Waals surface area contributed by atoms with Crippen molar-refractivity contribution in [3.05, 3.63) is 12.2 Å². The van der Waals surface area contributed by atoms with E-state index in [1.807, 2.05) is 0 Å². The molecule has 0 N–H and O–H groups in total. The van der Waals surface area contributed by atoms with E-state index in [0.29, 0.717) is 12.7 Å². The van der Waals surface area contributed by atoms with Crippen molar-refractivity contribution < 1.29 is 9.47 Å². The van der Waals surface area contributed by atoms with Gasteiger partial charge >= 0.3 is 0 Å². The number of allylic oxidation sites excluding steroid dienone is 2. The summed E-state index contributed by atoms with van der Waals surface area (Å²) in [7, 11) is 0. The minimum atomic E-state index is -0.332. The van der Waals surface area contributed by atoms with Crippen LogP contribution in [0.25, 0.3) is 0 Å². The molecule has 4 aliphatic carbocycles. The molecule has 0 aromatic heterocycles. The maximum absolute atomic E-state index is 5.88. The van der Waals surface area contributed by atoms with Crippen LogP contribution < -0.4 is 0 Å². The van der Waals surface area contributed by atoms with Gasteiger partial charge in [0.05, 0.1) is 13.2 Å². The number of hydrogen-bond acceptors (Lipinski definition) is 2. The van der Waals surface area contributed by atoms with Gasteiger partial charge < -0.3 is 9.47 Å². The zero-order chi connectivity index (χ0) is 15.6. The quantitative estimate of drug-likeness (QED) is 0.342. The first-order chi connectivity index (χ1) is 11.1. The van der Waals surface area contributed by atoms with Gasteiger partial charge in [-0.15, -0.1) is 0 Å². The predicted molar refractivity (Wildman–Crippen MR) is 89.6 cm³/mol. The highest BCUT2D eigenvalue weighted by Crippen LogP contribution is 2.67. The maximum atomic E-state index is 5.88. The Hall–Kier alpha value is -0.780. The Balaban J connectivity index is 1.20. The average Bonchev–Trinajstić information content (AvgIpc) is 2.92. The van der Waals surface area contributed by atoms with Crippen LogP contribution in [0.2, 0.25) is 0 Å². The molecule has 0 spiro atoms. The van der Waals surface area contributed by atoms with Crippen molar-refractivity contribution in [2.24, 2.45) is 41.4 Å². The Labute approximate surface area is 140 Å². The van der Waals surface area contributed by atoms with Gasteiger partial charge in [-0.2, -0.15) is 0 Å². The van der Waals surface area contributed by atoms with Crippen molar-refractivity contribution in [1.82, 2.24) is 0 Å². The fraction of sp³-hybridized carbons (Fsp3) is 0.810. The lowest BCUT2D eigenvalue weighted by molar-refractivity contribution is 0.0177. The zero-order valence-corrected chi connectivity index (χ0v) is 14.3. The fourth-order valence-electron chi connectivity index (χ4n) is 6.28. The molecule has 23 heavy (non-hydrogen) atoms. The van der Waals surface area contributed by atoms with Crippen molar-refractivity contribution in [2.45, 2.75) is 51.2 Å². The normalized spacial score (nSPS) is 48.4. The van der Waals surface area contributed by atoms with Crippen LogP contribution in [-0.4, -0.2) is 24.9 Å². The predicted octanol–water partition coefficient (Wildman–Crippen LogP) is 3.67. The summed E-state index contributed by atoms with van der Waals surface area (Å²) in [4.78, 5) is 0. The number of rotatable bonds is 4. The summed E-state index contributed by atoms with van der Waals surface area (Å²) in [6, 6.07) is 0. The molecule has 1 heterocycles. The van der Waals surface area contributed by atoms with Crippen LogP contribution in [0.4, 0.5) is 0 Å². The van der Waals surface area contributed by atoms with Crippen LogP contribution in [0.1, 0.15) is 39.5 Å². The van der Waals surface area contributed by atoms with Crippen LogP contribution in [-0.2, 0) is 9.47 Å². The van der Waals surface area contributed by atoms with Gasteiger partial charge in [0, 0.05) is 6.42 Å². The second kappa shape index (κ2) is 5.11. The van der Waals surface area contributed by atoms with E-state index >= 15 is 0 Å². The number of fused-ring (bicyclic) bond motifs is 9. The van der Waals surface area contributed by atoms with Crippen LogP contribution in [0.5, 0.6) is 0 Å². The van der Waals surface area contributed by atoms with E-state index in [4.69, 9.17) is 9.47 Å². The molecule has 4 fully saturated rings. The largest absolute Gasteiger partial charge is 0.371 e. The Kier molecular flexibility index (Phi) is 3.23. The van der Waals surface area contributed by atoms with E-state index < -0.39 is 0 Å². The molecular weight excluding hydrogens is 284 g/mol. The molecule has 2 nitrogen and oxygen atoms in total. The molecule has 1 saturated heterocycles. The van der Waals surface area contributed by atoms with Crippen molar-refractivity contribution >= 4 is 0 Å². The monoisotopic (exact) mass is 312 g/mol. The summed E-state index contributed by atoms with van der Waals surface area (Å²) in [5, 5.41) is 0. The minimum absolute atomic E-state index is 0.324. The summed E-state index contributed by atoms with van der Waals surface area (Å²) in [6.07, 6.45) is 10.9. The van der Waals surface area contributed by atoms with Gasteiger partial charge in [0.1, 0.15) is 11.7 Å². The molecule has 0 aromatic rings. The summed E-state index contributed by atoms with van der Waals surface area (Å²) in [6.45, 7) is 5.71. The first kappa shape index (κ1) is 14.6. The molecule has 2 heteroatoms. The van der Waals surface area contributed by atoms with Gasteiger partial charge in [-0.1, -0.05) is 24.0 Å². The van der Waals surface area contributed by atoms with E-state index in [1.54, 1.807) is 0 Å². The number of epoxide rings is 1. The third-order valence-corrected chi connectivity index (χ3v) is 7.19. The Morgan fingerprint density at radius 1 is 1.13 bits per heavy atom. The Bertz CT molecular complexity index is 576. The van der Waals surface area contributed by atoms with Crippen LogP contribution in [0.15, 0.2) is 12.2 Å². The molecule has 5 rings (SSSR count). The lowest BCUT2D eigenvalue weighted by atomic mass is 9.69. The van der Waals surface area contributed by atoms with Gasteiger partial charge in [-0.05, 0) is 74.5 Å². The third kappa shape index (κ3) is 2.48. The molecule has 4 bridgehead atoms. The molecular formula is C21H28O2. The van der Waals surface area contributed by atoms with Gasteiger partial charge in [-0.3, -0.25) is 0 Å². The second-order valence-corrected chi connectivity index (χ2v) is 9.04. The van der Waals surface area contributed by atoms with E-state index in [1.165, 1.54) is 19.3 Å². The summed E-state index contributed by atoms with van der Waals surface area (Å²) < 4.78 is 11.1. The molecule has 0 unspecified atom stereocenters. The van der Waals surface area contributed by atoms with E-state index in [0.717, 1.165) is 54.5 Å².